The second-order valence-corrected chi connectivity index (χ2v) is 3.77. The lowest BCUT2D eigenvalue weighted by molar-refractivity contribution is 1.05. The molecule has 4 N–H and O–H groups in total. The van der Waals surface area contributed by atoms with Crippen molar-refractivity contribution in [2.45, 2.75) is 6.92 Å². The van der Waals surface area contributed by atoms with Crippen LogP contribution in [0.4, 0.5) is 11.8 Å². The van der Waals surface area contributed by atoms with Gasteiger partial charge in [0.15, 0.2) is 0 Å². The van der Waals surface area contributed by atoms with Crippen LogP contribution in [0.25, 0.3) is 0 Å². The van der Waals surface area contributed by atoms with E-state index in [0.29, 0.717) is 5.95 Å². The molecule has 1 heterocycles. The Kier molecular flexibility index (Phi) is 4.48. The Morgan fingerprint density at radius 3 is 2.93 bits per heavy atom. The summed E-state index contributed by atoms with van der Waals surface area (Å²) in [6, 6.07) is 1.89. The van der Waals surface area contributed by atoms with E-state index in [1.807, 2.05) is 13.0 Å². The lowest BCUT2D eigenvalue weighted by atomic mass is 10.4. The van der Waals surface area contributed by atoms with Crippen LogP contribution in [0.1, 0.15) is 5.69 Å². The van der Waals surface area contributed by atoms with Gasteiger partial charge in [0.25, 0.3) is 0 Å². The molecule has 0 bridgehead atoms. The van der Waals surface area contributed by atoms with Gasteiger partial charge < -0.3 is 5.32 Å². The zero-order chi connectivity index (χ0) is 10.4. The van der Waals surface area contributed by atoms with Crippen molar-refractivity contribution in [3.63, 3.8) is 0 Å². The van der Waals surface area contributed by atoms with E-state index in [9.17, 15) is 0 Å². The van der Waals surface area contributed by atoms with E-state index in [1.54, 1.807) is 11.8 Å². The third kappa shape index (κ3) is 3.39. The molecule has 0 radical (unpaired) electrons. The van der Waals surface area contributed by atoms with Crippen LogP contribution in [-0.2, 0) is 0 Å². The first-order valence-corrected chi connectivity index (χ1v) is 5.70. The van der Waals surface area contributed by atoms with E-state index in [2.05, 4.69) is 27.0 Å². The van der Waals surface area contributed by atoms with Gasteiger partial charge in [0.05, 0.1) is 0 Å². The van der Waals surface area contributed by atoms with E-state index in [1.165, 1.54) is 0 Å². The van der Waals surface area contributed by atoms with Gasteiger partial charge in [-0.2, -0.15) is 16.7 Å². The van der Waals surface area contributed by atoms with Crippen molar-refractivity contribution in [1.29, 1.82) is 0 Å². The molecule has 0 aliphatic carbocycles. The first-order valence-electron chi connectivity index (χ1n) is 4.31. The number of hydrazine groups is 1. The molecule has 0 unspecified atom stereocenters. The van der Waals surface area contributed by atoms with Crippen LogP contribution in [0.15, 0.2) is 6.07 Å². The molecule has 1 aromatic rings. The summed E-state index contributed by atoms with van der Waals surface area (Å²) in [5.41, 5.74) is 3.32. The van der Waals surface area contributed by atoms with E-state index < -0.39 is 0 Å². The predicted octanol–water partition coefficient (Wildman–Crippen LogP) is 0.846. The second-order valence-electron chi connectivity index (χ2n) is 2.78. The average Bonchev–Trinajstić information content (AvgIpc) is 2.17. The van der Waals surface area contributed by atoms with E-state index >= 15 is 0 Å². The summed E-state index contributed by atoms with van der Waals surface area (Å²) >= 11 is 1.79. The molecule has 0 fully saturated rings. The molecule has 0 aliphatic heterocycles. The van der Waals surface area contributed by atoms with Crippen molar-refractivity contribution in [1.82, 2.24) is 9.97 Å². The number of nitrogens with two attached hydrogens (primary N) is 1. The molecule has 5 nitrogen and oxygen atoms in total. The maximum Gasteiger partial charge on any atom is 0.239 e. The summed E-state index contributed by atoms with van der Waals surface area (Å²) in [7, 11) is 0. The van der Waals surface area contributed by atoms with Crippen LogP contribution in [0.5, 0.6) is 0 Å². The molecule has 14 heavy (non-hydrogen) atoms. The molecular formula is C8H15N5S. The van der Waals surface area contributed by atoms with E-state index in [4.69, 9.17) is 5.84 Å². The highest BCUT2D eigenvalue weighted by atomic mass is 32.2. The highest BCUT2D eigenvalue weighted by Gasteiger charge is 1.99. The van der Waals surface area contributed by atoms with Gasteiger partial charge in [-0.3, -0.25) is 5.43 Å². The number of rotatable bonds is 5. The Hall–Kier alpha value is -1.01. The first kappa shape index (κ1) is 11.1. The van der Waals surface area contributed by atoms with Crippen molar-refractivity contribution >= 4 is 23.5 Å². The Morgan fingerprint density at radius 1 is 1.50 bits per heavy atom. The van der Waals surface area contributed by atoms with E-state index in [0.717, 1.165) is 23.8 Å². The number of anilines is 2. The van der Waals surface area contributed by atoms with Crippen molar-refractivity contribution in [2.75, 3.05) is 29.3 Å². The van der Waals surface area contributed by atoms with Crippen molar-refractivity contribution in [3.05, 3.63) is 11.8 Å². The van der Waals surface area contributed by atoms with Gasteiger partial charge in [-0.1, -0.05) is 0 Å². The largest absolute Gasteiger partial charge is 0.369 e. The number of nitrogen functional groups attached to an aromatic ring is 1. The minimum absolute atomic E-state index is 0.441. The van der Waals surface area contributed by atoms with Crippen LogP contribution in [-0.4, -0.2) is 28.5 Å². The zero-order valence-electron chi connectivity index (χ0n) is 8.37. The topological polar surface area (TPSA) is 75.9 Å². The fourth-order valence-electron chi connectivity index (χ4n) is 1.00. The SMILES string of the molecule is CSCCNc1cc(C)nc(NN)n1. The average molecular weight is 213 g/mol. The third-order valence-electron chi connectivity index (χ3n) is 1.60. The quantitative estimate of drug-likeness (QED) is 0.382. The van der Waals surface area contributed by atoms with Gasteiger partial charge in [0, 0.05) is 24.1 Å². The summed E-state index contributed by atoms with van der Waals surface area (Å²) in [5, 5.41) is 3.19. The number of nitrogens with zero attached hydrogens (tertiary/aromatic N) is 2. The minimum Gasteiger partial charge on any atom is -0.369 e. The van der Waals surface area contributed by atoms with Gasteiger partial charge >= 0.3 is 0 Å². The number of hydrogen-bond donors (Lipinski definition) is 3. The van der Waals surface area contributed by atoms with E-state index in [-0.39, 0.29) is 0 Å². The highest BCUT2D eigenvalue weighted by molar-refractivity contribution is 7.98. The fourth-order valence-corrected chi connectivity index (χ4v) is 1.31. The van der Waals surface area contributed by atoms with Gasteiger partial charge in [0.1, 0.15) is 5.82 Å². The maximum atomic E-state index is 5.24. The molecule has 1 aromatic heterocycles. The van der Waals surface area contributed by atoms with Crippen LogP contribution >= 0.6 is 11.8 Å². The molecule has 0 saturated heterocycles. The van der Waals surface area contributed by atoms with Crippen LogP contribution in [0, 0.1) is 6.92 Å². The van der Waals surface area contributed by atoms with Gasteiger partial charge in [-0.25, -0.2) is 10.8 Å². The van der Waals surface area contributed by atoms with Crippen molar-refractivity contribution in [2.24, 2.45) is 5.84 Å². The lowest BCUT2D eigenvalue weighted by Gasteiger charge is -2.06. The monoisotopic (exact) mass is 213 g/mol. The standard InChI is InChI=1S/C8H15N5S/c1-6-5-7(10-3-4-14-2)12-8(11-6)13-9/h5H,3-4,9H2,1-2H3,(H2,10,11,12,13). The van der Waals surface area contributed by atoms with Gasteiger partial charge in [0.2, 0.25) is 5.95 Å². The maximum absolute atomic E-state index is 5.24. The molecule has 6 heteroatoms. The molecule has 0 atom stereocenters. The Morgan fingerprint density at radius 2 is 2.29 bits per heavy atom. The lowest BCUT2D eigenvalue weighted by Crippen LogP contribution is -2.13. The van der Waals surface area contributed by atoms with Crippen molar-refractivity contribution in [3.8, 4) is 0 Å². The van der Waals surface area contributed by atoms with Crippen LogP contribution in [0.2, 0.25) is 0 Å². The Bertz CT molecular complexity index is 291. The van der Waals surface area contributed by atoms with Crippen LogP contribution < -0.4 is 16.6 Å². The summed E-state index contributed by atoms with van der Waals surface area (Å²) in [4.78, 5) is 8.24. The third-order valence-corrected chi connectivity index (χ3v) is 2.21. The Balaban J connectivity index is 2.62. The number of hydrogen-bond acceptors (Lipinski definition) is 6. The zero-order valence-corrected chi connectivity index (χ0v) is 9.19. The molecule has 0 amide bonds. The normalized spacial score (nSPS) is 9.93. The number of thioether (sulfide) groups is 1. The number of aromatic nitrogens is 2. The van der Waals surface area contributed by atoms with Crippen molar-refractivity contribution < 1.29 is 0 Å². The predicted molar refractivity (Wildman–Crippen MR) is 61.5 cm³/mol. The van der Waals surface area contributed by atoms with Gasteiger partial charge in [-0.05, 0) is 13.2 Å². The molecule has 0 aliphatic rings. The fraction of sp³-hybridized carbons (Fsp3) is 0.500. The number of nitrogens with one attached hydrogen (secondary N) is 2. The molecule has 78 valence electrons. The molecule has 0 aromatic carbocycles. The highest BCUT2D eigenvalue weighted by Crippen LogP contribution is 2.08. The molecule has 0 spiro atoms. The summed E-state index contributed by atoms with van der Waals surface area (Å²) in [5.74, 6) is 7.53. The second kappa shape index (κ2) is 5.66. The molecule has 0 saturated carbocycles. The Labute approximate surface area is 87.9 Å². The van der Waals surface area contributed by atoms with Gasteiger partial charge in [-0.15, -0.1) is 0 Å². The first-order chi connectivity index (χ1) is 6.76. The summed E-state index contributed by atoms with van der Waals surface area (Å²) in [6.45, 7) is 2.80. The summed E-state index contributed by atoms with van der Waals surface area (Å²) < 4.78 is 0. The molecule has 1 rings (SSSR count). The smallest absolute Gasteiger partial charge is 0.239 e. The number of aryl methyl sites for hydroxylation is 1. The minimum atomic E-state index is 0.441. The molecular weight excluding hydrogens is 198 g/mol. The van der Waals surface area contributed by atoms with Crippen LogP contribution in [0.3, 0.4) is 0 Å². The summed E-state index contributed by atoms with van der Waals surface area (Å²) in [6.07, 6.45) is 2.07.